The Hall–Kier alpha value is -1.39. The highest BCUT2D eigenvalue weighted by molar-refractivity contribution is 5.47. The molecule has 0 radical (unpaired) electrons. The Morgan fingerprint density at radius 3 is 2.75 bits per heavy atom. The van der Waals surface area contributed by atoms with Gasteiger partial charge in [0.25, 0.3) is 0 Å². The maximum absolute atomic E-state index is 9.88. The number of aromatic nitrogens is 2. The average Bonchev–Trinajstić information content (AvgIpc) is 2.92. The fraction of sp³-hybridized carbons (Fsp3) is 0.562. The maximum atomic E-state index is 9.88. The van der Waals surface area contributed by atoms with Crippen molar-refractivity contribution in [1.29, 1.82) is 0 Å². The zero-order chi connectivity index (χ0) is 13.7. The fourth-order valence-electron chi connectivity index (χ4n) is 3.97. The van der Waals surface area contributed by atoms with Gasteiger partial charge in [-0.3, -0.25) is 4.90 Å². The van der Waals surface area contributed by atoms with E-state index in [1.165, 1.54) is 18.4 Å². The van der Waals surface area contributed by atoms with E-state index in [-0.39, 0.29) is 6.10 Å². The van der Waals surface area contributed by atoms with Crippen molar-refractivity contribution < 1.29 is 5.11 Å². The number of aliphatic hydroxyl groups is 1. The summed E-state index contributed by atoms with van der Waals surface area (Å²) in [5.41, 5.74) is 3.43. The van der Waals surface area contributed by atoms with Crippen LogP contribution in [-0.2, 0) is 6.54 Å². The Bertz CT molecular complexity index is 622. The van der Waals surface area contributed by atoms with Gasteiger partial charge in [-0.1, -0.05) is 6.07 Å². The lowest BCUT2D eigenvalue weighted by Gasteiger charge is -2.36. The molecule has 0 saturated carbocycles. The first-order valence-corrected chi connectivity index (χ1v) is 7.58. The van der Waals surface area contributed by atoms with E-state index in [2.05, 4.69) is 40.8 Å². The molecule has 0 aromatic carbocycles. The molecule has 2 aromatic heterocycles. The molecule has 4 heterocycles. The Morgan fingerprint density at radius 2 is 2.05 bits per heavy atom. The highest BCUT2D eigenvalue weighted by atomic mass is 16.3. The van der Waals surface area contributed by atoms with Crippen LogP contribution in [0.3, 0.4) is 0 Å². The summed E-state index contributed by atoms with van der Waals surface area (Å²) in [6, 6.07) is 5.27. The third-order valence-corrected chi connectivity index (χ3v) is 4.93. The topological polar surface area (TPSA) is 40.8 Å². The Kier molecular flexibility index (Phi) is 2.82. The van der Waals surface area contributed by atoms with Gasteiger partial charge in [0.1, 0.15) is 5.65 Å². The van der Waals surface area contributed by atoms with Crippen LogP contribution >= 0.6 is 0 Å². The summed E-state index contributed by atoms with van der Waals surface area (Å²) < 4.78 is 2.12. The molecule has 20 heavy (non-hydrogen) atoms. The van der Waals surface area contributed by atoms with Gasteiger partial charge in [0.05, 0.1) is 11.8 Å². The first-order valence-electron chi connectivity index (χ1n) is 7.58. The Labute approximate surface area is 119 Å². The van der Waals surface area contributed by atoms with Crippen LogP contribution in [0.4, 0.5) is 0 Å². The summed E-state index contributed by atoms with van der Waals surface area (Å²) in [7, 11) is 0. The second kappa shape index (κ2) is 4.57. The fourth-order valence-corrected chi connectivity index (χ4v) is 3.97. The van der Waals surface area contributed by atoms with Crippen molar-refractivity contribution in [1.82, 2.24) is 14.3 Å². The average molecular weight is 271 g/mol. The minimum atomic E-state index is -0.0907. The number of aliphatic hydroxyl groups excluding tert-OH is 1. The molecule has 2 aliphatic heterocycles. The number of pyridine rings is 1. The lowest BCUT2D eigenvalue weighted by molar-refractivity contribution is 0.0304. The third-order valence-electron chi connectivity index (χ3n) is 4.93. The summed E-state index contributed by atoms with van der Waals surface area (Å²) in [5.74, 6) is 0. The van der Waals surface area contributed by atoms with Crippen LogP contribution in [0.5, 0.6) is 0 Å². The number of piperidine rings is 1. The molecule has 2 atom stereocenters. The predicted molar refractivity (Wildman–Crippen MR) is 77.5 cm³/mol. The molecule has 4 heteroatoms. The van der Waals surface area contributed by atoms with Crippen molar-refractivity contribution in [2.24, 2.45) is 0 Å². The van der Waals surface area contributed by atoms with Crippen LogP contribution in [0.15, 0.2) is 24.5 Å². The monoisotopic (exact) mass is 271 g/mol. The van der Waals surface area contributed by atoms with E-state index in [9.17, 15) is 5.11 Å². The van der Waals surface area contributed by atoms with E-state index in [4.69, 9.17) is 4.98 Å². The van der Waals surface area contributed by atoms with E-state index in [0.717, 1.165) is 30.7 Å². The van der Waals surface area contributed by atoms with Crippen LogP contribution in [0.2, 0.25) is 0 Å². The van der Waals surface area contributed by atoms with Gasteiger partial charge < -0.3 is 9.51 Å². The summed E-state index contributed by atoms with van der Waals surface area (Å²) in [4.78, 5) is 7.34. The standard InChI is InChI=1S/C16H21N3O/c1-11-3-2-6-18-9-12(17-16(11)18)10-19-13-4-5-14(19)8-15(20)7-13/h2-3,6,9,13-15,20H,4-5,7-8,10H2,1H3. The number of imidazole rings is 1. The number of nitrogens with zero attached hydrogens (tertiary/aromatic N) is 3. The molecule has 0 spiro atoms. The molecule has 106 valence electrons. The second-order valence-electron chi connectivity index (χ2n) is 6.34. The molecule has 2 aliphatic rings. The minimum absolute atomic E-state index is 0.0907. The first kappa shape index (κ1) is 12.4. The Balaban J connectivity index is 1.60. The lowest BCUT2D eigenvalue weighted by Crippen LogP contribution is -2.44. The molecule has 0 amide bonds. The normalized spacial score (nSPS) is 30.2. The second-order valence-corrected chi connectivity index (χ2v) is 6.34. The highest BCUT2D eigenvalue weighted by Crippen LogP contribution is 2.36. The number of rotatable bonds is 2. The highest BCUT2D eigenvalue weighted by Gasteiger charge is 2.40. The molecule has 4 nitrogen and oxygen atoms in total. The molecule has 0 aliphatic carbocycles. The van der Waals surface area contributed by atoms with Gasteiger partial charge >= 0.3 is 0 Å². The van der Waals surface area contributed by atoms with Crippen molar-refractivity contribution in [3.8, 4) is 0 Å². The quantitative estimate of drug-likeness (QED) is 0.909. The molecule has 2 saturated heterocycles. The van der Waals surface area contributed by atoms with Crippen LogP contribution in [0.1, 0.15) is 36.9 Å². The molecule has 4 rings (SSSR count). The maximum Gasteiger partial charge on any atom is 0.139 e. The zero-order valence-corrected chi connectivity index (χ0v) is 11.9. The molecular formula is C16H21N3O. The number of hydrogen-bond donors (Lipinski definition) is 1. The van der Waals surface area contributed by atoms with Gasteiger partial charge in [0, 0.05) is 31.0 Å². The SMILES string of the molecule is Cc1cccn2cc(CN3C4CCC3CC(O)C4)nc12. The molecule has 1 N–H and O–H groups in total. The van der Waals surface area contributed by atoms with Crippen molar-refractivity contribution >= 4 is 5.65 Å². The summed E-state index contributed by atoms with van der Waals surface area (Å²) in [5, 5.41) is 9.88. The van der Waals surface area contributed by atoms with E-state index in [0.29, 0.717) is 12.1 Å². The zero-order valence-electron chi connectivity index (χ0n) is 11.9. The van der Waals surface area contributed by atoms with Crippen molar-refractivity contribution in [2.45, 2.75) is 57.3 Å². The van der Waals surface area contributed by atoms with Gasteiger partial charge in [-0.05, 0) is 44.2 Å². The van der Waals surface area contributed by atoms with Crippen LogP contribution < -0.4 is 0 Å². The van der Waals surface area contributed by atoms with Crippen LogP contribution in [0.25, 0.3) is 5.65 Å². The molecule has 2 aromatic rings. The first-order chi connectivity index (χ1) is 9.70. The van der Waals surface area contributed by atoms with Gasteiger partial charge in [0.15, 0.2) is 0 Å². The summed E-state index contributed by atoms with van der Waals surface area (Å²) in [6.07, 6.45) is 8.45. The number of hydrogen-bond acceptors (Lipinski definition) is 3. The van der Waals surface area contributed by atoms with Crippen molar-refractivity contribution in [3.05, 3.63) is 35.8 Å². The van der Waals surface area contributed by atoms with Gasteiger partial charge in [-0.25, -0.2) is 4.98 Å². The smallest absolute Gasteiger partial charge is 0.139 e. The summed E-state index contributed by atoms with van der Waals surface area (Å²) >= 11 is 0. The van der Waals surface area contributed by atoms with Crippen molar-refractivity contribution in [2.75, 3.05) is 0 Å². The predicted octanol–water partition coefficient (Wildman–Crippen LogP) is 2.13. The summed E-state index contributed by atoms with van der Waals surface area (Å²) in [6.45, 7) is 3.02. The molecule has 2 bridgehead atoms. The van der Waals surface area contributed by atoms with Crippen LogP contribution in [-0.4, -0.2) is 37.6 Å². The number of aryl methyl sites for hydroxylation is 1. The van der Waals surface area contributed by atoms with E-state index in [1.54, 1.807) is 0 Å². The van der Waals surface area contributed by atoms with Gasteiger partial charge in [-0.15, -0.1) is 0 Å². The van der Waals surface area contributed by atoms with E-state index in [1.807, 2.05) is 0 Å². The van der Waals surface area contributed by atoms with Crippen molar-refractivity contribution in [3.63, 3.8) is 0 Å². The largest absolute Gasteiger partial charge is 0.393 e. The molecule has 2 unspecified atom stereocenters. The van der Waals surface area contributed by atoms with Gasteiger partial charge in [-0.2, -0.15) is 0 Å². The minimum Gasteiger partial charge on any atom is -0.393 e. The Morgan fingerprint density at radius 1 is 1.30 bits per heavy atom. The third kappa shape index (κ3) is 1.95. The van der Waals surface area contributed by atoms with Crippen LogP contribution in [0, 0.1) is 6.92 Å². The van der Waals surface area contributed by atoms with Gasteiger partial charge in [0.2, 0.25) is 0 Å². The lowest BCUT2D eigenvalue weighted by atomic mass is 10.00. The molecular weight excluding hydrogens is 250 g/mol. The van der Waals surface area contributed by atoms with E-state index >= 15 is 0 Å². The molecule has 2 fully saturated rings. The van der Waals surface area contributed by atoms with E-state index < -0.39 is 0 Å². The number of fused-ring (bicyclic) bond motifs is 3.